The fourth-order valence-electron chi connectivity index (χ4n) is 4.06. The number of imidazole rings is 1. The third-order valence-corrected chi connectivity index (χ3v) is 6.07. The Bertz CT molecular complexity index is 1290. The number of benzene rings is 2. The zero-order valence-electron chi connectivity index (χ0n) is 17.8. The van der Waals surface area contributed by atoms with Crippen molar-refractivity contribution in [1.82, 2.24) is 19.2 Å². The summed E-state index contributed by atoms with van der Waals surface area (Å²) in [4.78, 5) is 21.4. The molecular weight excluding hydrogens is 405 g/mol. The van der Waals surface area contributed by atoms with E-state index in [1.807, 2.05) is 51.9 Å². The summed E-state index contributed by atoms with van der Waals surface area (Å²) in [5.41, 5.74) is 10.7. The molecule has 5 rings (SSSR count). The van der Waals surface area contributed by atoms with Crippen LogP contribution in [0.4, 0.5) is 10.1 Å². The van der Waals surface area contributed by atoms with Crippen LogP contribution in [-0.4, -0.2) is 58.3 Å². The number of piperazine rings is 1. The van der Waals surface area contributed by atoms with E-state index in [9.17, 15) is 9.18 Å². The molecule has 0 spiro atoms. The van der Waals surface area contributed by atoms with E-state index < -0.39 is 5.82 Å². The fraction of sp³-hybridized carbons (Fsp3) is 0.200. The molecule has 0 atom stereocenters. The number of hydrogen-bond donors (Lipinski definition) is 1. The van der Waals surface area contributed by atoms with Gasteiger partial charge in [0.2, 0.25) is 0 Å². The van der Waals surface area contributed by atoms with E-state index >= 15 is 0 Å². The lowest BCUT2D eigenvalue weighted by atomic mass is 10.0. The van der Waals surface area contributed by atoms with Crippen LogP contribution in [0.1, 0.15) is 10.4 Å². The summed E-state index contributed by atoms with van der Waals surface area (Å²) in [7, 11) is 2.07. The predicted octanol–water partition coefficient (Wildman–Crippen LogP) is 3.78. The predicted molar refractivity (Wildman–Crippen MR) is 124 cm³/mol. The van der Waals surface area contributed by atoms with E-state index in [0.717, 1.165) is 48.6 Å². The van der Waals surface area contributed by atoms with Gasteiger partial charge in [0, 0.05) is 43.5 Å². The van der Waals surface area contributed by atoms with Crippen molar-refractivity contribution in [2.45, 2.75) is 0 Å². The summed E-state index contributed by atoms with van der Waals surface area (Å²) in [6, 6.07) is 16.4. The van der Waals surface area contributed by atoms with Crippen LogP contribution in [0.2, 0.25) is 0 Å². The van der Waals surface area contributed by atoms with Crippen LogP contribution < -0.4 is 5.73 Å². The molecule has 3 heterocycles. The van der Waals surface area contributed by atoms with Gasteiger partial charge in [0.25, 0.3) is 5.91 Å². The zero-order valence-corrected chi connectivity index (χ0v) is 17.8. The van der Waals surface area contributed by atoms with E-state index in [2.05, 4.69) is 16.9 Å². The number of nitrogen functional groups attached to an aromatic ring is 1. The Morgan fingerprint density at radius 2 is 1.66 bits per heavy atom. The number of rotatable bonds is 3. The van der Waals surface area contributed by atoms with Crippen LogP contribution in [0, 0.1) is 5.82 Å². The minimum atomic E-state index is -0.444. The van der Waals surface area contributed by atoms with Crippen molar-refractivity contribution in [3.8, 4) is 22.4 Å². The average Bonchev–Trinajstić information content (AvgIpc) is 3.24. The van der Waals surface area contributed by atoms with E-state index in [0.29, 0.717) is 11.1 Å². The smallest absolute Gasteiger partial charge is 0.253 e. The molecule has 2 aromatic heterocycles. The molecule has 0 aliphatic carbocycles. The summed E-state index contributed by atoms with van der Waals surface area (Å²) in [5, 5.41) is 0. The number of aromatic nitrogens is 2. The first-order valence-corrected chi connectivity index (χ1v) is 10.6. The normalized spacial score (nSPS) is 14.8. The highest BCUT2D eigenvalue weighted by Crippen LogP contribution is 2.27. The molecule has 2 N–H and O–H groups in total. The molecule has 1 fully saturated rings. The molecule has 6 nitrogen and oxygen atoms in total. The Hall–Kier alpha value is -3.71. The monoisotopic (exact) mass is 429 g/mol. The first-order chi connectivity index (χ1) is 15.5. The molecule has 2 aromatic carbocycles. The number of nitrogens with two attached hydrogens (primary N) is 1. The molecule has 1 aliphatic rings. The summed E-state index contributed by atoms with van der Waals surface area (Å²) >= 11 is 0. The van der Waals surface area contributed by atoms with Crippen molar-refractivity contribution in [1.29, 1.82) is 0 Å². The quantitative estimate of drug-likeness (QED) is 0.504. The van der Waals surface area contributed by atoms with Crippen molar-refractivity contribution in [3.05, 3.63) is 78.4 Å². The third-order valence-electron chi connectivity index (χ3n) is 6.07. The van der Waals surface area contributed by atoms with Crippen molar-refractivity contribution in [3.63, 3.8) is 0 Å². The van der Waals surface area contributed by atoms with Gasteiger partial charge in [-0.05, 0) is 54.6 Å². The minimum Gasteiger partial charge on any atom is -0.396 e. The molecule has 0 bridgehead atoms. The maximum absolute atomic E-state index is 13.9. The number of halogens is 1. The van der Waals surface area contributed by atoms with Crippen molar-refractivity contribution < 1.29 is 9.18 Å². The number of hydrogen-bond acceptors (Lipinski definition) is 4. The number of carbonyl (C=O) groups is 1. The van der Waals surface area contributed by atoms with Gasteiger partial charge >= 0.3 is 0 Å². The van der Waals surface area contributed by atoms with Crippen LogP contribution in [0.15, 0.2) is 67.0 Å². The molecule has 4 aromatic rings. The van der Waals surface area contributed by atoms with E-state index in [4.69, 9.17) is 5.73 Å². The third kappa shape index (κ3) is 3.71. The number of nitrogens with zero attached hydrogens (tertiary/aromatic N) is 4. The molecule has 1 amide bonds. The standard InChI is InChI=1S/C25H24FN5O/c1-29-10-12-30(13-11-29)25(32)18-4-2-17(3-5-18)19-8-9-31-23(16-28-24(31)15-19)20-6-7-22(27)21(26)14-20/h2-9,14-16H,10-13,27H2,1H3. The van der Waals surface area contributed by atoms with E-state index in [-0.39, 0.29) is 11.6 Å². The highest BCUT2D eigenvalue weighted by molar-refractivity contribution is 5.94. The first kappa shape index (κ1) is 20.2. The Kier molecular flexibility index (Phi) is 5.11. The molecule has 0 radical (unpaired) electrons. The molecule has 0 saturated carbocycles. The lowest BCUT2D eigenvalue weighted by Crippen LogP contribution is -2.47. The number of pyridine rings is 1. The highest BCUT2D eigenvalue weighted by Gasteiger charge is 2.20. The van der Waals surface area contributed by atoms with E-state index in [1.54, 1.807) is 18.3 Å². The highest BCUT2D eigenvalue weighted by atomic mass is 19.1. The van der Waals surface area contributed by atoms with Gasteiger partial charge in [0.15, 0.2) is 0 Å². The number of likely N-dealkylation sites (N-methyl/N-ethyl adjacent to an activating group) is 1. The number of anilines is 1. The van der Waals surface area contributed by atoms with E-state index in [1.165, 1.54) is 6.07 Å². The van der Waals surface area contributed by atoms with Crippen molar-refractivity contribution in [2.75, 3.05) is 39.0 Å². The van der Waals surface area contributed by atoms with Gasteiger partial charge in [-0.15, -0.1) is 0 Å². The second-order valence-electron chi connectivity index (χ2n) is 8.20. The lowest BCUT2D eigenvalue weighted by molar-refractivity contribution is 0.0664. The van der Waals surface area contributed by atoms with Crippen LogP contribution in [0.25, 0.3) is 28.0 Å². The summed E-state index contributed by atoms with van der Waals surface area (Å²) < 4.78 is 15.8. The SMILES string of the molecule is CN1CCN(C(=O)c2ccc(-c3ccn4c(-c5ccc(N)c(F)c5)cnc4c3)cc2)CC1. The Morgan fingerprint density at radius 3 is 2.38 bits per heavy atom. The van der Waals surface area contributed by atoms with Gasteiger partial charge in [-0.2, -0.15) is 0 Å². The fourth-order valence-corrected chi connectivity index (χ4v) is 4.06. The Balaban J connectivity index is 1.39. The first-order valence-electron chi connectivity index (χ1n) is 10.6. The van der Waals surface area contributed by atoms with Gasteiger partial charge in [-0.1, -0.05) is 18.2 Å². The van der Waals surface area contributed by atoms with Crippen LogP contribution in [0.5, 0.6) is 0 Å². The molecular formula is C25H24FN5O. The van der Waals surface area contributed by atoms with Gasteiger partial charge in [-0.3, -0.25) is 9.20 Å². The molecule has 0 unspecified atom stereocenters. The zero-order chi connectivity index (χ0) is 22.2. The number of amides is 1. The maximum atomic E-state index is 13.9. The topological polar surface area (TPSA) is 66.9 Å². The summed E-state index contributed by atoms with van der Waals surface area (Å²) in [6.45, 7) is 3.32. The molecule has 7 heteroatoms. The Labute approximate surface area is 185 Å². The molecule has 162 valence electrons. The molecule has 1 aliphatic heterocycles. The second kappa shape index (κ2) is 8.09. The van der Waals surface area contributed by atoms with Crippen molar-refractivity contribution >= 4 is 17.2 Å². The maximum Gasteiger partial charge on any atom is 0.253 e. The number of fused-ring (bicyclic) bond motifs is 1. The molecule has 32 heavy (non-hydrogen) atoms. The largest absolute Gasteiger partial charge is 0.396 e. The Morgan fingerprint density at radius 1 is 0.938 bits per heavy atom. The van der Waals surface area contributed by atoms with Gasteiger partial charge in [0.1, 0.15) is 11.5 Å². The van der Waals surface area contributed by atoms with Crippen LogP contribution >= 0.6 is 0 Å². The summed E-state index contributed by atoms with van der Waals surface area (Å²) in [6.07, 6.45) is 3.65. The van der Waals surface area contributed by atoms with Gasteiger partial charge in [0.05, 0.1) is 17.6 Å². The summed E-state index contributed by atoms with van der Waals surface area (Å²) in [5.74, 6) is -0.367. The van der Waals surface area contributed by atoms with Crippen LogP contribution in [-0.2, 0) is 0 Å². The minimum absolute atomic E-state index is 0.0775. The van der Waals surface area contributed by atoms with Gasteiger partial charge < -0.3 is 15.5 Å². The molecule has 1 saturated heterocycles. The lowest BCUT2D eigenvalue weighted by Gasteiger charge is -2.32. The second-order valence-corrected chi connectivity index (χ2v) is 8.20. The van der Waals surface area contributed by atoms with Gasteiger partial charge in [-0.25, -0.2) is 9.37 Å². The average molecular weight is 429 g/mol. The van der Waals surface area contributed by atoms with Crippen LogP contribution in [0.3, 0.4) is 0 Å². The van der Waals surface area contributed by atoms with Crippen molar-refractivity contribution in [2.24, 2.45) is 0 Å². The number of carbonyl (C=O) groups excluding carboxylic acids is 1.